The van der Waals surface area contributed by atoms with Crippen molar-refractivity contribution in [2.75, 3.05) is 18.5 Å². The van der Waals surface area contributed by atoms with Gasteiger partial charge in [-0.25, -0.2) is 4.39 Å². The summed E-state index contributed by atoms with van der Waals surface area (Å²) in [7, 11) is 0. The molecule has 5 heteroatoms. The van der Waals surface area contributed by atoms with Crippen LogP contribution in [0, 0.1) is 17.1 Å². The van der Waals surface area contributed by atoms with E-state index in [0.717, 1.165) is 19.4 Å². The summed E-state index contributed by atoms with van der Waals surface area (Å²) in [6.45, 7) is 1.37. The van der Waals surface area contributed by atoms with E-state index in [4.69, 9.17) is 10.00 Å². The molecule has 1 aromatic rings. The summed E-state index contributed by atoms with van der Waals surface area (Å²) in [6, 6.07) is 5.25. The van der Waals surface area contributed by atoms with Crippen LogP contribution in [0.3, 0.4) is 0 Å². The van der Waals surface area contributed by atoms with E-state index in [1.54, 1.807) is 12.1 Å². The minimum absolute atomic E-state index is 0.137. The quantitative estimate of drug-likeness (QED) is 0.913. The second-order valence-electron chi connectivity index (χ2n) is 3.96. The maximum atomic E-state index is 13.9. The molecule has 90 valence electrons. The fraction of sp³-hybridized carbons (Fsp3) is 0.417. The summed E-state index contributed by atoms with van der Waals surface area (Å²) in [5.74, 6) is -0.422. The van der Waals surface area contributed by atoms with Crippen LogP contribution >= 0.6 is 15.9 Å². The summed E-state index contributed by atoms with van der Waals surface area (Å²) in [5.41, 5.74) is 0.708. The van der Waals surface area contributed by atoms with Crippen LogP contribution in [0.1, 0.15) is 18.4 Å². The Bertz CT molecular complexity index is 453. The Hall–Kier alpha value is -1.12. The number of ether oxygens (including phenoxy) is 1. The van der Waals surface area contributed by atoms with Gasteiger partial charge in [0.1, 0.15) is 6.07 Å². The second kappa shape index (κ2) is 5.48. The molecule has 0 bridgehead atoms. The van der Waals surface area contributed by atoms with Crippen LogP contribution in [-0.4, -0.2) is 19.3 Å². The third kappa shape index (κ3) is 2.76. The molecule has 1 aliphatic heterocycles. The van der Waals surface area contributed by atoms with E-state index in [2.05, 4.69) is 21.2 Å². The fourth-order valence-electron chi connectivity index (χ4n) is 1.82. The minimum Gasteiger partial charge on any atom is -0.379 e. The lowest BCUT2D eigenvalue weighted by atomic mass is 10.1. The lowest BCUT2D eigenvalue weighted by molar-refractivity contribution is 0.0875. The van der Waals surface area contributed by atoms with Crippen molar-refractivity contribution in [3.05, 3.63) is 28.0 Å². The molecule has 17 heavy (non-hydrogen) atoms. The van der Waals surface area contributed by atoms with Gasteiger partial charge >= 0.3 is 0 Å². The number of halogens is 2. The molecule has 1 saturated heterocycles. The number of rotatable bonds is 2. The van der Waals surface area contributed by atoms with Crippen molar-refractivity contribution in [2.24, 2.45) is 0 Å². The molecule has 0 spiro atoms. The molecular formula is C12H12BrFN2O. The summed E-state index contributed by atoms with van der Waals surface area (Å²) in [4.78, 5) is 0. The molecule has 1 aliphatic rings. The first-order valence-corrected chi connectivity index (χ1v) is 6.24. The minimum atomic E-state index is -0.422. The number of nitrogens with zero attached hydrogens (tertiary/aromatic N) is 1. The number of anilines is 1. The van der Waals surface area contributed by atoms with Gasteiger partial charge in [0.2, 0.25) is 0 Å². The highest BCUT2D eigenvalue weighted by molar-refractivity contribution is 9.10. The maximum absolute atomic E-state index is 13.9. The van der Waals surface area contributed by atoms with Gasteiger partial charge in [-0.1, -0.05) is 0 Å². The largest absolute Gasteiger partial charge is 0.379 e. The van der Waals surface area contributed by atoms with E-state index in [9.17, 15) is 4.39 Å². The third-order valence-corrected chi connectivity index (χ3v) is 3.50. The summed E-state index contributed by atoms with van der Waals surface area (Å²) >= 11 is 3.09. The van der Waals surface area contributed by atoms with Crippen molar-refractivity contribution in [3.8, 4) is 6.07 Å². The predicted octanol–water partition coefficient (Wildman–Crippen LogP) is 3.05. The molecule has 0 amide bonds. The van der Waals surface area contributed by atoms with E-state index in [1.165, 1.54) is 0 Å². The highest BCUT2D eigenvalue weighted by Crippen LogP contribution is 2.27. The van der Waals surface area contributed by atoms with Gasteiger partial charge in [-0.3, -0.25) is 0 Å². The normalized spacial score (nSPS) is 19.7. The number of nitriles is 1. The molecule has 0 radical (unpaired) electrons. The van der Waals surface area contributed by atoms with Crippen LogP contribution in [0.25, 0.3) is 0 Å². The van der Waals surface area contributed by atoms with E-state index in [1.807, 2.05) is 6.07 Å². The molecule has 1 aromatic carbocycles. The first-order chi connectivity index (χ1) is 8.22. The van der Waals surface area contributed by atoms with E-state index < -0.39 is 5.82 Å². The molecule has 1 fully saturated rings. The summed E-state index contributed by atoms with van der Waals surface area (Å²) in [5, 5.41) is 11.9. The van der Waals surface area contributed by atoms with E-state index in [0.29, 0.717) is 17.9 Å². The Morgan fingerprint density at radius 1 is 1.53 bits per heavy atom. The average Bonchev–Trinajstić information content (AvgIpc) is 2.37. The van der Waals surface area contributed by atoms with Gasteiger partial charge in [0, 0.05) is 12.6 Å². The Labute approximate surface area is 108 Å². The Morgan fingerprint density at radius 3 is 3.00 bits per heavy atom. The standard InChI is InChI=1S/C12H12BrFN2O/c13-11-8(6-15)3-4-10(12(11)14)16-9-2-1-5-17-7-9/h3-4,9,16H,1-2,5,7H2. The zero-order valence-electron chi connectivity index (χ0n) is 9.17. The van der Waals surface area contributed by atoms with Crippen LogP contribution in [0.4, 0.5) is 10.1 Å². The first-order valence-electron chi connectivity index (χ1n) is 5.44. The van der Waals surface area contributed by atoms with Gasteiger partial charge in [0.15, 0.2) is 5.82 Å². The smallest absolute Gasteiger partial charge is 0.161 e. The third-order valence-electron chi connectivity index (χ3n) is 2.72. The van der Waals surface area contributed by atoms with Gasteiger partial charge in [0.05, 0.1) is 22.3 Å². The van der Waals surface area contributed by atoms with Gasteiger partial charge in [-0.05, 0) is 40.9 Å². The summed E-state index contributed by atoms with van der Waals surface area (Å²) < 4.78 is 19.4. The lowest BCUT2D eigenvalue weighted by Crippen LogP contribution is -2.30. The number of nitrogens with one attached hydrogen (secondary N) is 1. The molecule has 1 heterocycles. The fourth-order valence-corrected chi connectivity index (χ4v) is 2.26. The van der Waals surface area contributed by atoms with E-state index >= 15 is 0 Å². The highest BCUT2D eigenvalue weighted by Gasteiger charge is 2.17. The number of hydrogen-bond acceptors (Lipinski definition) is 3. The predicted molar refractivity (Wildman–Crippen MR) is 66.3 cm³/mol. The van der Waals surface area contributed by atoms with Gasteiger partial charge in [-0.15, -0.1) is 0 Å². The van der Waals surface area contributed by atoms with Gasteiger partial charge < -0.3 is 10.1 Å². The molecule has 2 rings (SSSR count). The van der Waals surface area contributed by atoms with Crippen LogP contribution in [0.5, 0.6) is 0 Å². The zero-order chi connectivity index (χ0) is 12.3. The van der Waals surface area contributed by atoms with Crippen LogP contribution < -0.4 is 5.32 Å². The Morgan fingerprint density at radius 2 is 2.35 bits per heavy atom. The van der Waals surface area contributed by atoms with Crippen molar-refractivity contribution < 1.29 is 9.13 Å². The monoisotopic (exact) mass is 298 g/mol. The van der Waals surface area contributed by atoms with Crippen molar-refractivity contribution in [2.45, 2.75) is 18.9 Å². The van der Waals surface area contributed by atoms with Gasteiger partial charge in [0.25, 0.3) is 0 Å². The molecule has 1 unspecified atom stereocenters. The van der Waals surface area contributed by atoms with Crippen molar-refractivity contribution in [1.29, 1.82) is 5.26 Å². The lowest BCUT2D eigenvalue weighted by Gasteiger charge is -2.24. The van der Waals surface area contributed by atoms with Crippen molar-refractivity contribution in [3.63, 3.8) is 0 Å². The Balaban J connectivity index is 2.16. The van der Waals surface area contributed by atoms with Crippen molar-refractivity contribution >= 4 is 21.6 Å². The van der Waals surface area contributed by atoms with Crippen LogP contribution in [0.15, 0.2) is 16.6 Å². The average molecular weight is 299 g/mol. The SMILES string of the molecule is N#Cc1ccc(NC2CCCOC2)c(F)c1Br. The summed E-state index contributed by atoms with van der Waals surface area (Å²) in [6.07, 6.45) is 1.95. The van der Waals surface area contributed by atoms with E-state index in [-0.39, 0.29) is 10.5 Å². The molecule has 0 aliphatic carbocycles. The Kier molecular flexibility index (Phi) is 3.97. The first kappa shape index (κ1) is 12.3. The van der Waals surface area contributed by atoms with Crippen LogP contribution in [-0.2, 0) is 4.74 Å². The van der Waals surface area contributed by atoms with Crippen molar-refractivity contribution in [1.82, 2.24) is 0 Å². The molecule has 3 nitrogen and oxygen atoms in total. The molecule has 0 aromatic heterocycles. The van der Waals surface area contributed by atoms with Crippen LogP contribution in [0.2, 0.25) is 0 Å². The topological polar surface area (TPSA) is 45.0 Å². The molecule has 1 N–H and O–H groups in total. The molecule has 1 atom stereocenters. The number of hydrogen-bond donors (Lipinski definition) is 1. The molecular weight excluding hydrogens is 287 g/mol. The van der Waals surface area contributed by atoms with Gasteiger partial charge in [-0.2, -0.15) is 5.26 Å². The second-order valence-corrected chi connectivity index (χ2v) is 4.75. The highest BCUT2D eigenvalue weighted by atomic mass is 79.9. The zero-order valence-corrected chi connectivity index (χ0v) is 10.8. The maximum Gasteiger partial charge on any atom is 0.161 e. The number of benzene rings is 1. The molecule has 0 saturated carbocycles.